The van der Waals surface area contributed by atoms with E-state index in [9.17, 15) is 4.79 Å². The number of hydrogen-bond acceptors (Lipinski definition) is 4. The molecular formula is C20H27ClN2O3. The lowest BCUT2D eigenvalue weighted by Gasteiger charge is -2.19. The summed E-state index contributed by atoms with van der Waals surface area (Å²) in [5.41, 5.74) is 1.60. The first-order chi connectivity index (χ1) is 12.5. The Bertz CT molecular complexity index is 787. The van der Waals surface area contributed by atoms with Crippen molar-refractivity contribution in [3.05, 3.63) is 51.4 Å². The Hall–Kier alpha value is -2.14. The van der Waals surface area contributed by atoms with Crippen molar-refractivity contribution in [1.29, 1.82) is 0 Å². The van der Waals surface area contributed by atoms with E-state index in [-0.39, 0.29) is 5.56 Å². The molecule has 26 heavy (non-hydrogen) atoms. The zero-order valence-electron chi connectivity index (χ0n) is 15.9. The van der Waals surface area contributed by atoms with Crippen LogP contribution in [0.25, 0.3) is 0 Å². The van der Waals surface area contributed by atoms with Gasteiger partial charge in [-0.3, -0.25) is 4.79 Å². The minimum absolute atomic E-state index is 0.121. The highest BCUT2D eigenvalue weighted by molar-refractivity contribution is 6.31. The third-order valence-electron chi connectivity index (χ3n) is 4.15. The standard InChI is InChI=1S/C20H27ClN2O3/c1-5-6-7-10-26-16-8-9-23(20(24)12-16)14-15-11-19(25-4)18(22(2)3)13-17(15)21/h8-9,11-13H,5-7,10,14H2,1-4H3. The fourth-order valence-electron chi connectivity index (χ4n) is 2.65. The van der Waals surface area contributed by atoms with Gasteiger partial charge in [-0.2, -0.15) is 0 Å². The maximum atomic E-state index is 12.4. The predicted molar refractivity (Wildman–Crippen MR) is 107 cm³/mol. The van der Waals surface area contributed by atoms with Crippen molar-refractivity contribution in [2.24, 2.45) is 0 Å². The Morgan fingerprint density at radius 2 is 1.96 bits per heavy atom. The molecule has 0 saturated heterocycles. The molecule has 0 aliphatic carbocycles. The molecule has 0 unspecified atom stereocenters. The van der Waals surface area contributed by atoms with Gasteiger partial charge in [-0.1, -0.05) is 31.4 Å². The summed E-state index contributed by atoms with van der Waals surface area (Å²) in [6.45, 7) is 3.15. The van der Waals surface area contributed by atoms with Gasteiger partial charge in [-0.25, -0.2) is 0 Å². The first-order valence-corrected chi connectivity index (χ1v) is 9.21. The number of nitrogens with zero attached hydrogens (tertiary/aromatic N) is 2. The topological polar surface area (TPSA) is 43.7 Å². The van der Waals surface area contributed by atoms with Crippen LogP contribution in [0.3, 0.4) is 0 Å². The van der Waals surface area contributed by atoms with Crippen LogP contribution in [0, 0.1) is 0 Å². The minimum atomic E-state index is -0.121. The molecule has 2 aromatic rings. The predicted octanol–water partition coefficient (Wildman–Crippen LogP) is 4.19. The summed E-state index contributed by atoms with van der Waals surface area (Å²) in [5, 5.41) is 0.598. The quantitative estimate of drug-likeness (QED) is 0.613. The van der Waals surface area contributed by atoms with Crippen LogP contribution in [0.1, 0.15) is 31.7 Å². The van der Waals surface area contributed by atoms with E-state index in [1.807, 2.05) is 37.2 Å². The average molecular weight is 379 g/mol. The van der Waals surface area contributed by atoms with Gasteiger partial charge >= 0.3 is 0 Å². The van der Waals surface area contributed by atoms with E-state index in [1.54, 1.807) is 17.9 Å². The first-order valence-electron chi connectivity index (χ1n) is 8.83. The lowest BCUT2D eigenvalue weighted by Crippen LogP contribution is -2.20. The smallest absolute Gasteiger partial charge is 0.254 e. The van der Waals surface area contributed by atoms with Gasteiger partial charge in [0, 0.05) is 31.4 Å². The van der Waals surface area contributed by atoms with Crippen LogP contribution in [0.4, 0.5) is 5.69 Å². The Morgan fingerprint density at radius 1 is 1.19 bits per heavy atom. The van der Waals surface area contributed by atoms with E-state index >= 15 is 0 Å². The van der Waals surface area contributed by atoms with E-state index in [0.29, 0.717) is 23.9 Å². The molecular weight excluding hydrogens is 352 g/mol. The van der Waals surface area contributed by atoms with Crippen LogP contribution in [0.2, 0.25) is 5.02 Å². The molecule has 0 aliphatic heterocycles. The number of benzene rings is 1. The second kappa shape index (κ2) is 9.53. The lowest BCUT2D eigenvalue weighted by molar-refractivity contribution is 0.305. The Kier molecular flexibility index (Phi) is 7.39. The third-order valence-corrected chi connectivity index (χ3v) is 4.51. The lowest BCUT2D eigenvalue weighted by atomic mass is 10.1. The fraction of sp³-hybridized carbons (Fsp3) is 0.450. The molecule has 1 aromatic carbocycles. The zero-order chi connectivity index (χ0) is 19.1. The SMILES string of the molecule is CCCCCOc1ccn(Cc2cc(OC)c(N(C)C)cc2Cl)c(=O)c1. The zero-order valence-corrected chi connectivity index (χ0v) is 16.7. The van der Waals surface area contributed by atoms with E-state index in [0.717, 1.165) is 36.3 Å². The van der Waals surface area contributed by atoms with E-state index in [1.165, 1.54) is 6.07 Å². The van der Waals surface area contributed by atoms with Crippen LogP contribution in [0.5, 0.6) is 11.5 Å². The number of halogens is 1. The van der Waals surface area contributed by atoms with Crippen molar-refractivity contribution in [1.82, 2.24) is 4.57 Å². The summed E-state index contributed by atoms with van der Waals surface area (Å²) in [7, 11) is 5.48. The Morgan fingerprint density at radius 3 is 2.58 bits per heavy atom. The highest BCUT2D eigenvalue weighted by Crippen LogP contribution is 2.33. The summed E-state index contributed by atoms with van der Waals surface area (Å²) in [4.78, 5) is 14.3. The van der Waals surface area contributed by atoms with Crippen LogP contribution in [-0.4, -0.2) is 32.4 Å². The van der Waals surface area contributed by atoms with Crippen molar-refractivity contribution in [2.45, 2.75) is 32.7 Å². The normalized spacial score (nSPS) is 10.7. The van der Waals surface area contributed by atoms with Crippen molar-refractivity contribution in [3.8, 4) is 11.5 Å². The maximum Gasteiger partial charge on any atom is 0.254 e. The molecule has 1 heterocycles. The van der Waals surface area contributed by atoms with Gasteiger partial charge in [0.15, 0.2) is 0 Å². The number of rotatable bonds is 9. The highest BCUT2D eigenvalue weighted by Gasteiger charge is 2.12. The summed E-state index contributed by atoms with van der Waals surface area (Å²) in [5.74, 6) is 1.33. The van der Waals surface area contributed by atoms with Crippen LogP contribution in [-0.2, 0) is 6.54 Å². The van der Waals surface area contributed by atoms with Crippen molar-refractivity contribution in [2.75, 3.05) is 32.7 Å². The molecule has 0 fully saturated rings. The molecule has 142 valence electrons. The number of methoxy groups -OCH3 is 1. The summed E-state index contributed by atoms with van der Waals surface area (Å²) in [6.07, 6.45) is 5.00. The van der Waals surface area contributed by atoms with Gasteiger partial charge < -0.3 is 18.9 Å². The van der Waals surface area contributed by atoms with E-state index < -0.39 is 0 Å². The second-order valence-electron chi connectivity index (χ2n) is 6.39. The highest BCUT2D eigenvalue weighted by atomic mass is 35.5. The molecule has 6 heteroatoms. The monoisotopic (exact) mass is 378 g/mol. The van der Waals surface area contributed by atoms with Crippen LogP contribution < -0.4 is 19.9 Å². The molecule has 5 nitrogen and oxygen atoms in total. The van der Waals surface area contributed by atoms with Gasteiger partial charge in [0.2, 0.25) is 0 Å². The van der Waals surface area contributed by atoms with Crippen molar-refractivity contribution < 1.29 is 9.47 Å². The van der Waals surface area contributed by atoms with E-state index in [4.69, 9.17) is 21.1 Å². The minimum Gasteiger partial charge on any atom is -0.495 e. The number of pyridine rings is 1. The molecule has 0 atom stereocenters. The molecule has 0 radical (unpaired) electrons. The van der Waals surface area contributed by atoms with Gasteiger partial charge in [0.05, 0.1) is 25.9 Å². The van der Waals surface area contributed by atoms with Crippen molar-refractivity contribution in [3.63, 3.8) is 0 Å². The van der Waals surface area contributed by atoms with Gasteiger partial charge in [0.1, 0.15) is 11.5 Å². The molecule has 0 N–H and O–H groups in total. The first kappa shape index (κ1) is 20.2. The molecule has 0 amide bonds. The molecule has 0 bridgehead atoms. The maximum absolute atomic E-state index is 12.4. The van der Waals surface area contributed by atoms with Crippen LogP contribution >= 0.6 is 11.6 Å². The molecule has 1 aromatic heterocycles. The van der Waals surface area contributed by atoms with Crippen LogP contribution in [0.15, 0.2) is 35.3 Å². The summed E-state index contributed by atoms with van der Waals surface area (Å²) >= 11 is 6.41. The Balaban J connectivity index is 2.17. The Labute approximate surface area is 160 Å². The number of anilines is 1. The number of unbranched alkanes of at least 4 members (excludes halogenated alkanes) is 2. The van der Waals surface area contributed by atoms with Gasteiger partial charge in [-0.15, -0.1) is 0 Å². The largest absolute Gasteiger partial charge is 0.495 e. The van der Waals surface area contributed by atoms with Gasteiger partial charge in [0.25, 0.3) is 5.56 Å². The van der Waals surface area contributed by atoms with Gasteiger partial charge in [-0.05, 0) is 30.2 Å². The van der Waals surface area contributed by atoms with E-state index in [2.05, 4.69) is 6.92 Å². The fourth-order valence-corrected chi connectivity index (χ4v) is 2.87. The molecule has 0 saturated carbocycles. The second-order valence-corrected chi connectivity index (χ2v) is 6.80. The number of aromatic nitrogens is 1. The number of ether oxygens (including phenoxy) is 2. The third kappa shape index (κ3) is 5.18. The number of hydrogen-bond donors (Lipinski definition) is 0. The average Bonchev–Trinajstić information content (AvgIpc) is 2.61. The molecule has 0 aliphatic rings. The summed E-state index contributed by atoms with van der Waals surface area (Å²) < 4.78 is 12.7. The molecule has 0 spiro atoms. The molecule has 2 rings (SSSR count). The summed E-state index contributed by atoms with van der Waals surface area (Å²) in [6, 6.07) is 7.06. The van der Waals surface area contributed by atoms with Crippen molar-refractivity contribution >= 4 is 17.3 Å².